The second-order valence-electron chi connectivity index (χ2n) is 3.01. The molecule has 0 heterocycles. The third kappa shape index (κ3) is 6.76. The number of carboxylic acid groups (broad SMARTS) is 2. The van der Waals surface area contributed by atoms with Gasteiger partial charge in [-0.05, 0) is 12.3 Å². The zero-order chi connectivity index (χ0) is 10.6. The molecule has 0 saturated carbocycles. The normalized spacial score (nSPS) is 10.9. The van der Waals surface area contributed by atoms with Crippen molar-refractivity contribution in [3.8, 4) is 0 Å². The fraction of sp³-hybridized carbons (Fsp3) is 0.556. The first-order chi connectivity index (χ1) is 5.91. The van der Waals surface area contributed by atoms with Gasteiger partial charge in [-0.2, -0.15) is 0 Å². The zero-order valence-corrected chi connectivity index (χ0v) is 14.0. The monoisotopic (exact) mass is 234 g/mol. The molecule has 0 saturated heterocycles. The number of aliphatic carboxylic acids is 2. The van der Waals surface area contributed by atoms with E-state index < -0.39 is 11.9 Å². The summed E-state index contributed by atoms with van der Waals surface area (Å²) in [6, 6.07) is 0. The molecule has 0 aliphatic heterocycles. The Morgan fingerprint density at radius 3 is 1.60 bits per heavy atom. The molecule has 0 fully saturated rings. The van der Waals surface area contributed by atoms with Crippen LogP contribution in [0.2, 0.25) is 0 Å². The molecule has 0 aliphatic carbocycles. The largest absolute Gasteiger partial charge is 1.00 e. The summed E-state index contributed by atoms with van der Waals surface area (Å²) in [5.41, 5.74) is -0.0162. The van der Waals surface area contributed by atoms with E-state index in [1.807, 2.05) is 0 Å². The van der Waals surface area contributed by atoms with Gasteiger partial charge in [0.05, 0.1) is 0 Å². The van der Waals surface area contributed by atoms with Gasteiger partial charge in [0.2, 0.25) is 0 Å². The SMILES string of the molecule is CC/C(C(=O)O)=C(/C(=O)O)C(C)C.[H-].[H-].[Na+].[Na+]. The van der Waals surface area contributed by atoms with Crippen molar-refractivity contribution in [1.29, 1.82) is 0 Å². The molecule has 0 rings (SSSR count). The van der Waals surface area contributed by atoms with Crippen LogP contribution in [0, 0.1) is 5.92 Å². The molecule has 0 radical (unpaired) electrons. The van der Waals surface area contributed by atoms with E-state index in [-0.39, 0.29) is 85.5 Å². The van der Waals surface area contributed by atoms with Gasteiger partial charge in [-0.25, -0.2) is 9.59 Å². The van der Waals surface area contributed by atoms with Gasteiger partial charge in [-0.1, -0.05) is 20.8 Å². The molecule has 0 unspecified atom stereocenters. The maximum absolute atomic E-state index is 10.7. The number of hydrogen-bond donors (Lipinski definition) is 2. The molecule has 6 heteroatoms. The van der Waals surface area contributed by atoms with Gasteiger partial charge < -0.3 is 13.1 Å². The standard InChI is InChI=1S/C9H14O4.2Na.2H/c1-4-6(8(10)11)7(5(2)3)9(12)13;;;;/h5H,4H2,1-3H3,(H,10,11)(H,12,13);;;;/q;2*+1;2*-1/b7-6-;;;;. The summed E-state index contributed by atoms with van der Waals surface area (Å²) in [4.78, 5) is 21.4. The van der Waals surface area contributed by atoms with Crippen LogP contribution in [0.25, 0.3) is 0 Å². The van der Waals surface area contributed by atoms with Crippen LogP contribution in [-0.4, -0.2) is 22.2 Å². The number of rotatable bonds is 4. The number of carbonyl (C=O) groups is 2. The molecule has 2 N–H and O–H groups in total. The maximum Gasteiger partial charge on any atom is 1.00 e. The fourth-order valence-corrected chi connectivity index (χ4v) is 1.18. The van der Waals surface area contributed by atoms with Gasteiger partial charge in [-0.15, -0.1) is 0 Å². The Morgan fingerprint density at radius 1 is 1.13 bits per heavy atom. The third-order valence-electron chi connectivity index (χ3n) is 1.74. The summed E-state index contributed by atoms with van der Waals surface area (Å²) in [6.07, 6.45) is 0.231. The minimum atomic E-state index is -1.14. The summed E-state index contributed by atoms with van der Waals surface area (Å²) >= 11 is 0. The van der Waals surface area contributed by atoms with Gasteiger partial charge in [-0.3, -0.25) is 0 Å². The van der Waals surface area contributed by atoms with E-state index in [1.165, 1.54) is 0 Å². The van der Waals surface area contributed by atoms with Gasteiger partial charge in [0.1, 0.15) is 0 Å². The number of hydrogen-bond acceptors (Lipinski definition) is 2. The second-order valence-corrected chi connectivity index (χ2v) is 3.01. The Hall–Kier alpha value is 0.680. The average molecular weight is 234 g/mol. The van der Waals surface area contributed by atoms with Crippen molar-refractivity contribution >= 4 is 11.9 Å². The molecule has 15 heavy (non-hydrogen) atoms. The topological polar surface area (TPSA) is 74.6 Å². The Balaban J connectivity index is -0.000000120. The van der Waals surface area contributed by atoms with Crippen molar-refractivity contribution in [3.05, 3.63) is 11.1 Å². The minimum Gasteiger partial charge on any atom is -1.00 e. The Bertz CT molecular complexity index is 268. The second kappa shape index (κ2) is 9.87. The molecule has 0 aliphatic rings. The van der Waals surface area contributed by atoms with E-state index >= 15 is 0 Å². The molecule has 0 atom stereocenters. The summed E-state index contributed by atoms with van der Waals surface area (Å²) in [5.74, 6) is -2.56. The Morgan fingerprint density at radius 2 is 1.53 bits per heavy atom. The van der Waals surface area contributed by atoms with Crippen molar-refractivity contribution in [1.82, 2.24) is 0 Å². The van der Waals surface area contributed by atoms with E-state index in [0.29, 0.717) is 0 Å². The van der Waals surface area contributed by atoms with Crippen molar-refractivity contribution in [2.75, 3.05) is 0 Å². The molecule has 0 aromatic heterocycles. The van der Waals surface area contributed by atoms with E-state index in [2.05, 4.69) is 0 Å². The van der Waals surface area contributed by atoms with Crippen molar-refractivity contribution in [3.63, 3.8) is 0 Å². The molecule has 0 amide bonds. The fourth-order valence-electron chi connectivity index (χ4n) is 1.18. The van der Waals surface area contributed by atoms with Crippen LogP contribution >= 0.6 is 0 Å². The first-order valence-electron chi connectivity index (χ1n) is 4.11. The van der Waals surface area contributed by atoms with Crippen molar-refractivity contribution < 1.29 is 81.8 Å². The molecular weight excluding hydrogens is 218 g/mol. The molecule has 0 aromatic carbocycles. The quantitative estimate of drug-likeness (QED) is 0.382. The van der Waals surface area contributed by atoms with Gasteiger partial charge >= 0.3 is 71.1 Å². The summed E-state index contributed by atoms with van der Waals surface area (Å²) in [7, 11) is 0. The average Bonchev–Trinajstić information content (AvgIpc) is 1.97. The zero-order valence-electron chi connectivity index (χ0n) is 12.0. The van der Waals surface area contributed by atoms with E-state index in [4.69, 9.17) is 10.2 Å². The maximum atomic E-state index is 10.7. The van der Waals surface area contributed by atoms with E-state index in [0.717, 1.165) is 0 Å². The van der Waals surface area contributed by atoms with Crippen LogP contribution in [0.1, 0.15) is 30.0 Å². The molecule has 0 aromatic rings. The Kier molecular flexibility index (Phi) is 13.8. The predicted octanol–water partition coefficient (Wildman–Crippen LogP) is -4.25. The first-order valence-corrected chi connectivity index (χ1v) is 4.11. The van der Waals surface area contributed by atoms with Gasteiger partial charge in [0.15, 0.2) is 0 Å². The van der Waals surface area contributed by atoms with Crippen molar-refractivity contribution in [2.45, 2.75) is 27.2 Å². The predicted molar refractivity (Wildman–Crippen MR) is 49.7 cm³/mol. The van der Waals surface area contributed by atoms with Crippen LogP contribution in [0.3, 0.4) is 0 Å². The molecule has 0 bridgehead atoms. The van der Waals surface area contributed by atoms with Crippen LogP contribution in [0.5, 0.6) is 0 Å². The minimum absolute atomic E-state index is 0. The number of carboxylic acids is 2. The smallest absolute Gasteiger partial charge is 1.00 e. The third-order valence-corrected chi connectivity index (χ3v) is 1.74. The Labute approximate surface area is 137 Å². The van der Waals surface area contributed by atoms with E-state index in [9.17, 15) is 9.59 Å². The van der Waals surface area contributed by atoms with Crippen LogP contribution in [0.15, 0.2) is 11.1 Å². The van der Waals surface area contributed by atoms with Crippen LogP contribution in [0.4, 0.5) is 0 Å². The van der Waals surface area contributed by atoms with Gasteiger partial charge in [0.25, 0.3) is 0 Å². The summed E-state index contributed by atoms with van der Waals surface area (Å²) < 4.78 is 0. The van der Waals surface area contributed by atoms with Crippen molar-refractivity contribution in [2.24, 2.45) is 5.92 Å². The summed E-state index contributed by atoms with van der Waals surface area (Å²) in [5, 5.41) is 17.5. The molecule has 0 spiro atoms. The molecule has 78 valence electrons. The summed E-state index contributed by atoms with van der Waals surface area (Å²) in [6.45, 7) is 4.97. The first kappa shape index (κ1) is 21.0. The van der Waals surface area contributed by atoms with E-state index in [1.54, 1.807) is 20.8 Å². The molecule has 4 nitrogen and oxygen atoms in total. The van der Waals surface area contributed by atoms with Crippen LogP contribution < -0.4 is 59.1 Å². The molecular formula is C9H16Na2O4. The van der Waals surface area contributed by atoms with Gasteiger partial charge in [0, 0.05) is 11.1 Å². The van der Waals surface area contributed by atoms with Crippen LogP contribution in [-0.2, 0) is 9.59 Å².